The summed E-state index contributed by atoms with van der Waals surface area (Å²) in [4.78, 5) is 18.5. The largest absolute Gasteiger partial charge is 0.489 e. The van der Waals surface area contributed by atoms with E-state index in [0.717, 1.165) is 45.0 Å². The molecular weight excluding hydrogens is 480 g/mol. The minimum Gasteiger partial charge on any atom is -0.489 e. The van der Waals surface area contributed by atoms with E-state index in [9.17, 15) is 10.1 Å². The van der Waals surface area contributed by atoms with Crippen LogP contribution in [-0.2, 0) is 6.61 Å². The molecule has 0 aliphatic carbocycles. The third kappa shape index (κ3) is 3.98. The van der Waals surface area contributed by atoms with Crippen molar-refractivity contribution in [2.24, 2.45) is 0 Å². The summed E-state index contributed by atoms with van der Waals surface area (Å²) in [6, 6.07) is 27.3. The molecule has 0 radical (unpaired) electrons. The second-order valence-electron chi connectivity index (χ2n) is 8.85. The fourth-order valence-corrected chi connectivity index (χ4v) is 5.67. The van der Waals surface area contributed by atoms with Crippen molar-refractivity contribution in [1.82, 2.24) is 14.0 Å². The van der Waals surface area contributed by atoms with Crippen LogP contribution >= 0.6 is 11.3 Å². The Morgan fingerprint density at radius 1 is 1.03 bits per heavy atom. The van der Waals surface area contributed by atoms with Crippen LogP contribution in [-0.4, -0.2) is 14.0 Å². The third-order valence-electron chi connectivity index (χ3n) is 6.53. The Morgan fingerprint density at radius 2 is 1.78 bits per heavy atom. The normalized spacial score (nSPS) is 11.9. The molecule has 0 spiro atoms. The Kier molecular flexibility index (Phi) is 5.59. The summed E-state index contributed by atoms with van der Waals surface area (Å²) in [6.07, 6.45) is 1.96. The summed E-state index contributed by atoms with van der Waals surface area (Å²) >= 11 is 1.41. The first-order valence-corrected chi connectivity index (χ1v) is 12.7. The molecule has 6 rings (SSSR count). The highest BCUT2D eigenvalue weighted by Gasteiger charge is 2.13. The van der Waals surface area contributed by atoms with E-state index in [1.54, 1.807) is 10.5 Å². The molecule has 0 aliphatic rings. The quantitative estimate of drug-likeness (QED) is 0.320. The molecule has 6 aromatic rings. The molecule has 0 bridgehead atoms. The zero-order valence-corrected chi connectivity index (χ0v) is 21.1. The van der Waals surface area contributed by atoms with Gasteiger partial charge in [0, 0.05) is 22.6 Å². The number of rotatable bonds is 5. The minimum atomic E-state index is -0.0435. The predicted octanol–water partition coefficient (Wildman–Crippen LogP) is 5.32. The highest BCUT2D eigenvalue weighted by molar-refractivity contribution is 7.15. The molecule has 0 aliphatic heterocycles. The number of hydrogen-bond donors (Lipinski definition) is 0. The highest BCUT2D eigenvalue weighted by atomic mass is 32.1. The maximum absolute atomic E-state index is 13.2. The minimum absolute atomic E-state index is 0.0435. The van der Waals surface area contributed by atoms with E-state index in [0.29, 0.717) is 21.7 Å². The van der Waals surface area contributed by atoms with E-state index >= 15 is 0 Å². The topological polar surface area (TPSA) is 72.3 Å². The van der Waals surface area contributed by atoms with Gasteiger partial charge in [-0.3, -0.25) is 4.79 Å². The Hall–Kier alpha value is -4.67. The second-order valence-corrected chi connectivity index (χ2v) is 9.86. The lowest BCUT2D eigenvalue weighted by molar-refractivity contribution is 0.306. The number of aromatic nitrogens is 3. The van der Waals surface area contributed by atoms with Gasteiger partial charge in [-0.2, -0.15) is 5.26 Å². The van der Waals surface area contributed by atoms with Gasteiger partial charge in [0.25, 0.3) is 5.56 Å². The van der Waals surface area contributed by atoms with Crippen molar-refractivity contribution in [1.29, 1.82) is 5.26 Å². The van der Waals surface area contributed by atoms with Crippen molar-refractivity contribution in [2.75, 3.05) is 0 Å². The molecule has 0 unspecified atom stereocenters. The van der Waals surface area contributed by atoms with Crippen LogP contribution in [0, 0.1) is 25.2 Å². The fourth-order valence-electron chi connectivity index (χ4n) is 4.69. The predicted molar refractivity (Wildman–Crippen MR) is 146 cm³/mol. The average Bonchev–Trinajstić information content (AvgIpc) is 3.53. The maximum atomic E-state index is 13.2. The molecule has 0 fully saturated rings. The van der Waals surface area contributed by atoms with E-state index in [1.807, 2.05) is 72.8 Å². The zero-order valence-electron chi connectivity index (χ0n) is 20.3. The van der Waals surface area contributed by atoms with E-state index in [-0.39, 0.29) is 5.56 Å². The van der Waals surface area contributed by atoms with E-state index in [1.165, 1.54) is 11.3 Å². The van der Waals surface area contributed by atoms with E-state index in [4.69, 9.17) is 4.74 Å². The van der Waals surface area contributed by atoms with E-state index in [2.05, 4.69) is 35.5 Å². The first-order chi connectivity index (χ1) is 18.0. The summed E-state index contributed by atoms with van der Waals surface area (Å²) in [5.74, 6) is 0.732. The van der Waals surface area contributed by atoms with Crippen LogP contribution < -0.4 is 14.8 Å². The Labute approximate surface area is 216 Å². The van der Waals surface area contributed by atoms with Gasteiger partial charge in [-0.1, -0.05) is 41.7 Å². The molecule has 180 valence electrons. The summed E-state index contributed by atoms with van der Waals surface area (Å²) < 4.78 is 10.4. The van der Waals surface area contributed by atoms with Gasteiger partial charge in [-0.05, 0) is 74.0 Å². The van der Waals surface area contributed by atoms with E-state index < -0.39 is 0 Å². The van der Waals surface area contributed by atoms with Crippen LogP contribution in [0.25, 0.3) is 27.8 Å². The molecule has 37 heavy (non-hydrogen) atoms. The average molecular weight is 503 g/mol. The molecule has 0 N–H and O–H groups in total. The number of para-hydroxylation sites is 2. The standard InChI is InChI=1S/C30H22N4O2S/c1-19-15-23(16-28-29(35)34-27-10-6-5-9-26(27)32-30(34)37-28)20(2)33(19)24-11-13-25(14-12-24)36-18-22-8-4-3-7-21(22)17-31/h3-16H,18H2,1-2H3/b28-16-. The number of aryl methyl sites for hydroxylation is 1. The van der Waals surface area contributed by atoms with Gasteiger partial charge in [0.1, 0.15) is 12.4 Å². The van der Waals surface area contributed by atoms with Gasteiger partial charge in [-0.15, -0.1) is 0 Å². The summed E-state index contributed by atoms with van der Waals surface area (Å²) in [7, 11) is 0. The molecule has 3 heterocycles. The lowest BCUT2D eigenvalue weighted by Gasteiger charge is -2.12. The fraction of sp³-hybridized carbons (Fsp3) is 0.100. The molecule has 3 aromatic carbocycles. The van der Waals surface area contributed by atoms with Crippen LogP contribution in [0.5, 0.6) is 5.75 Å². The Bertz CT molecular complexity index is 1940. The number of thiazole rings is 1. The number of nitriles is 1. The molecule has 0 saturated carbocycles. The van der Waals surface area contributed by atoms with Crippen LogP contribution in [0.2, 0.25) is 0 Å². The summed E-state index contributed by atoms with van der Waals surface area (Å²) in [6.45, 7) is 4.45. The summed E-state index contributed by atoms with van der Waals surface area (Å²) in [5, 5.41) is 9.28. The maximum Gasteiger partial charge on any atom is 0.274 e. The smallest absolute Gasteiger partial charge is 0.274 e. The van der Waals surface area contributed by atoms with Gasteiger partial charge in [0.05, 0.1) is 27.2 Å². The number of ether oxygens (including phenoxy) is 1. The highest BCUT2D eigenvalue weighted by Crippen LogP contribution is 2.24. The van der Waals surface area contributed by atoms with Crippen molar-refractivity contribution < 1.29 is 4.74 Å². The molecule has 7 heteroatoms. The molecule has 6 nitrogen and oxygen atoms in total. The van der Waals surface area contributed by atoms with Crippen molar-refractivity contribution in [2.45, 2.75) is 20.5 Å². The number of benzene rings is 3. The van der Waals surface area contributed by atoms with Gasteiger partial charge in [-0.25, -0.2) is 9.38 Å². The number of hydrogen-bond acceptors (Lipinski definition) is 5. The monoisotopic (exact) mass is 502 g/mol. The molecule has 0 amide bonds. The van der Waals surface area contributed by atoms with Crippen molar-refractivity contribution in [3.63, 3.8) is 0 Å². The first-order valence-electron chi connectivity index (χ1n) is 11.9. The van der Waals surface area contributed by atoms with Crippen LogP contribution in [0.4, 0.5) is 0 Å². The van der Waals surface area contributed by atoms with Crippen molar-refractivity contribution in [3.8, 4) is 17.5 Å². The Morgan fingerprint density at radius 3 is 2.59 bits per heavy atom. The number of nitrogens with zero attached hydrogens (tertiary/aromatic N) is 4. The lowest BCUT2D eigenvalue weighted by atomic mass is 10.1. The van der Waals surface area contributed by atoms with Crippen molar-refractivity contribution >= 4 is 33.4 Å². The molecule has 3 aromatic heterocycles. The molecule has 0 atom stereocenters. The van der Waals surface area contributed by atoms with Crippen molar-refractivity contribution in [3.05, 3.63) is 122 Å². The Balaban J connectivity index is 1.30. The lowest BCUT2D eigenvalue weighted by Crippen LogP contribution is -2.22. The zero-order chi connectivity index (χ0) is 25.5. The first kappa shape index (κ1) is 22.8. The van der Waals surface area contributed by atoms with Gasteiger partial charge in [0.2, 0.25) is 0 Å². The van der Waals surface area contributed by atoms with Crippen LogP contribution in [0.15, 0.2) is 83.7 Å². The number of imidazole rings is 1. The molecule has 0 saturated heterocycles. The third-order valence-corrected chi connectivity index (χ3v) is 7.50. The van der Waals surface area contributed by atoms with Gasteiger partial charge in [0.15, 0.2) is 4.96 Å². The van der Waals surface area contributed by atoms with Gasteiger partial charge >= 0.3 is 0 Å². The second kappa shape index (κ2) is 9.08. The summed E-state index contributed by atoms with van der Waals surface area (Å²) in [5.41, 5.74) is 7.22. The SMILES string of the molecule is Cc1cc(/C=c2\sc3nc4ccccc4n3c2=O)c(C)n1-c1ccc(OCc2ccccc2C#N)cc1. The van der Waals surface area contributed by atoms with Gasteiger partial charge < -0.3 is 9.30 Å². The van der Waals surface area contributed by atoms with Crippen LogP contribution in [0.3, 0.4) is 0 Å². The van der Waals surface area contributed by atoms with Crippen LogP contribution in [0.1, 0.15) is 28.1 Å². The molecular formula is C30H22N4O2S. The number of fused-ring (bicyclic) bond motifs is 3.